The molecule has 2 saturated heterocycles. The first-order valence-electron chi connectivity index (χ1n) is 9.73. The highest BCUT2D eigenvalue weighted by atomic mass is 19.4. The molecule has 1 spiro atoms. The lowest BCUT2D eigenvalue weighted by Gasteiger charge is -2.38. The summed E-state index contributed by atoms with van der Waals surface area (Å²) >= 11 is 0. The molecule has 170 valence electrons. The lowest BCUT2D eigenvalue weighted by Crippen LogP contribution is -2.45. The Morgan fingerprint density at radius 3 is 2.57 bits per heavy atom. The van der Waals surface area contributed by atoms with Crippen molar-refractivity contribution in [3.05, 3.63) is 24.3 Å². The number of halogens is 3. The molecule has 10 heteroatoms. The number of aliphatic carboxylic acids is 1. The first kappa shape index (κ1) is 24.2. The number of carbonyl (C=O) groups is 1. The number of anilines is 1. The van der Waals surface area contributed by atoms with Gasteiger partial charge >= 0.3 is 12.1 Å². The van der Waals surface area contributed by atoms with Crippen molar-refractivity contribution in [2.24, 2.45) is 0 Å². The quantitative estimate of drug-likeness (QED) is 0.713. The monoisotopic (exact) mass is 434 g/mol. The molecule has 7 nitrogen and oxygen atoms in total. The van der Waals surface area contributed by atoms with E-state index in [0.717, 1.165) is 63.5 Å². The number of hydrogen-bond acceptors (Lipinski definition) is 6. The van der Waals surface area contributed by atoms with E-state index in [0.29, 0.717) is 6.04 Å². The van der Waals surface area contributed by atoms with Gasteiger partial charge in [-0.2, -0.15) is 13.2 Å². The zero-order valence-electron chi connectivity index (χ0n) is 17.2. The van der Waals surface area contributed by atoms with E-state index >= 15 is 0 Å². The Hall–Kier alpha value is -2.04. The molecule has 1 atom stereocenters. The predicted octanol–water partition coefficient (Wildman–Crippen LogP) is 3.01. The fraction of sp³-hybridized carbons (Fsp3) is 0.650. The second-order valence-corrected chi connectivity index (χ2v) is 7.41. The van der Waals surface area contributed by atoms with E-state index in [2.05, 4.69) is 16.3 Å². The molecular weight excluding hydrogens is 405 g/mol. The number of benzene rings is 1. The van der Waals surface area contributed by atoms with Gasteiger partial charge in [-0.25, -0.2) is 4.79 Å². The van der Waals surface area contributed by atoms with Crippen LogP contribution in [0.3, 0.4) is 0 Å². The number of likely N-dealkylation sites (tertiary alicyclic amines) is 1. The van der Waals surface area contributed by atoms with Crippen LogP contribution in [0.4, 0.5) is 18.9 Å². The van der Waals surface area contributed by atoms with Gasteiger partial charge < -0.3 is 29.5 Å². The average Bonchev–Trinajstić information content (AvgIpc) is 3.09. The number of rotatable bonds is 6. The third-order valence-corrected chi connectivity index (χ3v) is 5.27. The lowest BCUT2D eigenvalue weighted by molar-refractivity contribution is -0.192. The summed E-state index contributed by atoms with van der Waals surface area (Å²) in [7, 11) is 3.46. The average molecular weight is 434 g/mol. The van der Waals surface area contributed by atoms with E-state index in [-0.39, 0.29) is 5.60 Å². The molecule has 0 aromatic heterocycles. The largest absolute Gasteiger partial charge is 0.497 e. The van der Waals surface area contributed by atoms with Crippen molar-refractivity contribution in [2.75, 3.05) is 52.4 Å². The SMILES string of the molecule is COCCN1CCC2(CC1)CC(Nc1cccc(OC)c1)CO2.O=C(O)C(F)(F)F. The van der Waals surface area contributed by atoms with Crippen LogP contribution in [-0.2, 0) is 14.3 Å². The summed E-state index contributed by atoms with van der Waals surface area (Å²) in [5.41, 5.74) is 1.17. The van der Waals surface area contributed by atoms with Crippen molar-refractivity contribution in [1.82, 2.24) is 4.90 Å². The molecule has 0 amide bonds. The van der Waals surface area contributed by atoms with E-state index in [1.165, 1.54) is 0 Å². The molecule has 30 heavy (non-hydrogen) atoms. The number of nitrogens with one attached hydrogen (secondary N) is 1. The molecular formula is C20H29F3N2O5. The van der Waals surface area contributed by atoms with Gasteiger partial charge in [-0.3, -0.25) is 0 Å². The number of hydrogen-bond donors (Lipinski definition) is 2. The van der Waals surface area contributed by atoms with Crippen molar-refractivity contribution < 1.29 is 37.3 Å². The van der Waals surface area contributed by atoms with Crippen LogP contribution in [0.2, 0.25) is 0 Å². The summed E-state index contributed by atoms with van der Waals surface area (Å²) in [4.78, 5) is 11.4. The number of carboxylic acid groups (broad SMARTS) is 1. The van der Waals surface area contributed by atoms with Gasteiger partial charge in [-0.05, 0) is 31.4 Å². The molecule has 2 aliphatic heterocycles. The highest BCUT2D eigenvalue weighted by molar-refractivity contribution is 5.73. The van der Waals surface area contributed by atoms with E-state index < -0.39 is 12.1 Å². The highest BCUT2D eigenvalue weighted by Crippen LogP contribution is 2.37. The molecule has 0 radical (unpaired) electrons. The Morgan fingerprint density at radius 2 is 2.00 bits per heavy atom. The number of methoxy groups -OCH3 is 2. The normalized spacial score (nSPS) is 21.0. The molecule has 0 saturated carbocycles. The Bertz CT molecular complexity index is 679. The Balaban J connectivity index is 0.000000396. The maximum Gasteiger partial charge on any atom is 0.490 e. The van der Waals surface area contributed by atoms with E-state index in [1.54, 1.807) is 14.2 Å². The van der Waals surface area contributed by atoms with Gasteiger partial charge in [0, 0.05) is 38.5 Å². The fourth-order valence-electron chi connectivity index (χ4n) is 3.64. The van der Waals surface area contributed by atoms with Gasteiger partial charge in [0.2, 0.25) is 0 Å². The molecule has 1 aromatic carbocycles. The van der Waals surface area contributed by atoms with Crippen molar-refractivity contribution in [1.29, 1.82) is 0 Å². The van der Waals surface area contributed by atoms with Gasteiger partial charge in [0.15, 0.2) is 0 Å². The molecule has 0 bridgehead atoms. The van der Waals surface area contributed by atoms with Gasteiger partial charge in [0.1, 0.15) is 5.75 Å². The van der Waals surface area contributed by atoms with Crippen molar-refractivity contribution in [2.45, 2.75) is 37.1 Å². The smallest absolute Gasteiger partial charge is 0.490 e. The van der Waals surface area contributed by atoms with Crippen molar-refractivity contribution in [3.63, 3.8) is 0 Å². The Labute approximate surface area is 174 Å². The topological polar surface area (TPSA) is 80.3 Å². The molecule has 2 heterocycles. The first-order chi connectivity index (χ1) is 14.2. The van der Waals surface area contributed by atoms with Crippen LogP contribution in [0.15, 0.2) is 24.3 Å². The molecule has 3 rings (SSSR count). The minimum absolute atomic E-state index is 0.0695. The van der Waals surface area contributed by atoms with Crippen LogP contribution in [0.25, 0.3) is 0 Å². The molecule has 2 fully saturated rings. The minimum Gasteiger partial charge on any atom is -0.497 e. The summed E-state index contributed by atoms with van der Waals surface area (Å²) in [5.74, 6) is -1.87. The molecule has 1 aromatic rings. The standard InChI is InChI=1S/C18H28N2O3.C2HF3O2/c1-21-11-10-20-8-6-18(7-9-20)13-16(14-23-18)19-15-4-3-5-17(12-15)22-2;3-2(4,5)1(6)7/h3-5,12,16,19H,6-11,13-14H2,1-2H3;(H,6,7). The maximum atomic E-state index is 10.6. The van der Waals surface area contributed by atoms with E-state index in [9.17, 15) is 13.2 Å². The highest BCUT2D eigenvalue weighted by Gasteiger charge is 2.42. The third-order valence-electron chi connectivity index (χ3n) is 5.27. The van der Waals surface area contributed by atoms with Crippen LogP contribution in [0.1, 0.15) is 19.3 Å². The van der Waals surface area contributed by atoms with Crippen molar-refractivity contribution >= 4 is 11.7 Å². The van der Waals surface area contributed by atoms with Crippen LogP contribution >= 0.6 is 0 Å². The van der Waals surface area contributed by atoms with Crippen LogP contribution in [-0.4, -0.2) is 80.9 Å². The Morgan fingerprint density at radius 1 is 1.33 bits per heavy atom. The van der Waals surface area contributed by atoms with Gasteiger partial charge in [0.25, 0.3) is 0 Å². The molecule has 2 N–H and O–H groups in total. The predicted molar refractivity (Wildman–Crippen MR) is 105 cm³/mol. The zero-order chi connectivity index (χ0) is 22.2. The van der Waals surface area contributed by atoms with Crippen LogP contribution in [0, 0.1) is 0 Å². The number of nitrogens with zero attached hydrogens (tertiary/aromatic N) is 1. The molecule has 1 unspecified atom stereocenters. The van der Waals surface area contributed by atoms with Crippen LogP contribution < -0.4 is 10.1 Å². The van der Waals surface area contributed by atoms with Gasteiger partial charge in [-0.1, -0.05) is 6.07 Å². The van der Waals surface area contributed by atoms with Crippen molar-refractivity contribution in [3.8, 4) is 5.75 Å². The van der Waals surface area contributed by atoms with Crippen LogP contribution in [0.5, 0.6) is 5.75 Å². The number of piperidine rings is 1. The fourth-order valence-corrected chi connectivity index (χ4v) is 3.64. The van der Waals surface area contributed by atoms with Gasteiger partial charge in [-0.15, -0.1) is 0 Å². The number of carboxylic acids is 1. The molecule has 2 aliphatic rings. The van der Waals surface area contributed by atoms with E-state index in [1.807, 2.05) is 18.2 Å². The summed E-state index contributed by atoms with van der Waals surface area (Å²) in [6.07, 6.45) is -1.76. The minimum atomic E-state index is -5.08. The lowest BCUT2D eigenvalue weighted by atomic mass is 9.87. The second-order valence-electron chi connectivity index (χ2n) is 7.41. The Kier molecular flexibility index (Phi) is 8.75. The summed E-state index contributed by atoms with van der Waals surface area (Å²) < 4.78 is 48.4. The summed E-state index contributed by atoms with van der Waals surface area (Å²) in [6.45, 7) is 4.84. The molecule has 0 aliphatic carbocycles. The number of ether oxygens (including phenoxy) is 3. The van der Waals surface area contributed by atoms with E-state index in [4.69, 9.17) is 24.1 Å². The summed E-state index contributed by atoms with van der Waals surface area (Å²) in [5, 5.41) is 10.7. The first-order valence-corrected chi connectivity index (χ1v) is 9.73. The number of alkyl halides is 3. The maximum absolute atomic E-state index is 10.6. The second kappa shape index (κ2) is 10.8. The summed E-state index contributed by atoms with van der Waals surface area (Å²) in [6, 6.07) is 8.49. The van der Waals surface area contributed by atoms with Gasteiger partial charge in [0.05, 0.1) is 32.0 Å². The third kappa shape index (κ3) is 7.33. The zero-order valence-corrected chi connectivity index (χ0v) is 17.2.